The van der Waals surface area contributed by atoms with Crippen LogP contribution in [0.5, 0.6) is 0 Å². The summed E-state index contributed by atoms with van der Waals surface area (Å²) in [5.41, 5.74) is 1.66. The Morgan fingerprint density at radius 3 is 2.26 bits per heavy atom. The summed E-state index contributed by atoms with van der Waals surface area (Å²) in [4.78, 5) is 40.0. The molecule has 1 heterocycles. The van der Waals surface area contributed by atoms with E-state index < -0.39 is 29.0 Å². The second kappa shape index (κ2) is 9.70. The van der Waals surface area contributed by atoms with E-state index in [1.807, 2.05) is 36.4 Å². The van der Waals surface area contributed by atoms with Gasteiger partial charge in [0.15, 0.2) is 0 Å². The van der Waals surface area contributed by atoms with Crippen molar-refractivity contribution in [2.45, 2.75) is 50.1 Å². The average molecular weight is 481 g/mol. The van der Waals surface area contributed by atoms with Crippen molar-refractivity contribution in [2.75, 3.05) is 26.9 Å². The second-order valence-corrected chi connectivity index (χ2v) is 9.46. The molecule has 186 valence electrons. The topological polar surface area (TPSA) is 105 Å². The van der Waals surface area contributed by atoms with Gasteiger partial charge in [0.25, 0.3) is 5.91 Å². The molecule has 2 N–H and O–H groups in total. The number of amides is 2. The third-order valence-corrected chi connectivity index (χ3v) is 7.44. The van der Waals surface area contributed by atoms with Gasteiger partial charge in [-0.05, 0) is 48.4 Å². The number of rotatable bonds is 8. The Bertz CT molecular complexity index is 1090. The quantitative estimate of drug-likeness (QED) is 0.596. The Hall–Kier alpha value is -3.39. The Labute approximate surface area is 205 Å². The molecule has 2 aromatic rings. The minimum absolute atomic E-state index is 0.0985. The van der Waals surface area contributed by atoms with Crippen LogP contribution in [0.25, 0.3) is 11.1 Å². The van der Waals surface area contributed by atoms with Crippen LogP contribution in [0.4, 0.5) is 4.79 Å². The van der Waals surface area contributed by atoms with E-state index in [4.69, 9.17) is 9.47 Å². The van der Waals surface area contributed by atoms with Crippen LogP contribution in [-0.2, 0) is 19.1 Å². The molecule has 1 aliphatic carbocycles. The van der Waals surface area contributed by atoms with E-state index in [-0.39, 0.29) is 25.6 Å². The number of ether oxygens (including phenoxy) is 2. The van der Waals surface area contributed by atoms with Crippen molar-refractivity contribution >= 4 is 18.0 Å². The van der Waals surface area contributed by atoms with Crippen molar-refractivity contribution < 1.29 is 29.0 Å². The zero-order valence-corrected chi connectivity index (χ0v) is 20.4. The van der Waals surface area contributed by atoms with E-state index in [9.17, 15) is 19.5 Å². The first-order chi connectivity index (χ1) is 16.8. The van der Waals surface area contributed by atoms with Crippen LogP contribution in [-0.4, -0.2) is 65.9 Å². The molecule has 8 heteroatoms. The lowest BCUT2D eigenvalue weighted by atomic mass is 9.91. The summed E-state index contributed by atoms with van der Waals surface area (Å²) in [5.74, 6) is -1.65. The molecule has 2 aromatic carbocycles. The number of carboxylic acid groups (broad SMARTS) is 1. The monoisotopic (exact) mass is 480 g/mol. The van der Waals surface area contributed by atoms with Crippen molar-refractivity contribution in [3.63, 3.8) is 0 Å². The molecule has 1 unspecified atom stereocenters. The number of carbonyl (C=O) groups excluding carboxylic acids is 2. The number of methoxy groups -OCH3 is 1. The van der Waals surface area contributed by atoms with Crippen LogP contribution in [0.3, 0.4) is 0 Å². The van der Waals surface area contributed by atoms with Gasteiger partial charge in [-0.3, -0.25) is 4.79 Å². The summed E-state index contributed by atoms with van der Waals surface area (Å²) in [7, 11) is 1.44. The van der Waals surface area contributed by atoms with Gasteiger partial charge in [-0.15, -0.1) is 0 Å². The predicted octanol–water partition coefficient (Wildman–Crippen LogP) is 3.79. The van der Waals surface area contributed by atoms with Gasteiger partial charge in [-0.25, -0.2) is 9.59 Å². The van der Waals surface area contributed by atoms with Gasteiger partial charge in [0, 0.05) is 19.6 Å². The van der Waals surface area contributed by atoms with E-state index in [1.54, 1.807) is 13.8 Å². The maximum Gasteiger partial charge on any atom is 0.408 e. The molecular formula is C27H32N2O6. The Balaban J connectivity index is 1.52. The summed E-state index contributed by atoms with van der Waals surface area (Å²) in [5, 5.41) is 12.5. The van der Waals surface area contributed by atoms with Gasteiger partial charge in [0.2, 0.25) is 0 Å². The maximum atomic E-state index is 13.6. The Kier molecular flexibility index (Phi) is 6.85. The van der Waals surface area contributed by atoms with Crippen LogP contribution in [0.1, 0.15) is 50.2 Å². The molecule has 0 spiro atoms. The summed E-state index contributed by atoms with van der Waals surface area (Å²) in [6.45, 7) is 3.62. The Morgan fingerprint density at radius 1 is 1.11 bits per heavy atom. The van der Waals surface area contributed by atoms with Crippen molar-refractivity contribution in [1.29, 1.82) is 0 Å². The van der Waals surface area contributed by atoms with Crippen LogP contribution in [0.15, 0.2) is 48.5 Å². The largest absolute Gasteiger partial charge is 0.480 e. The first-order valence-corrected chi connectivity index (χ1v) is 11.9. The third-order valence-electron chi connectivity index (χ3n) is 7.44. The number of hydrogen-bond acceptors (Lipinski definition) is 5. The summed E-state index contributed by atoms with van der Waals surface area (Å²) in [6, 6.07) is 16.1. The van der Waals surface area contributed by atoms with Crippen molar-refractivity contribution in [1.82, 2.24) is 10.2 Å². The SMILES string of the molecule is CCC(COC)(NC(=O)OCC1c2ccccc2-c2ccccc21)C(=O)N1CCC[C@@]1(C)C(=O)O. The number of aliphatic carboxylic acids is 1. The van der Waals surface area contributed by atoms with Crippen LogP contribution < -0.4 is 5.32 Å². The highest BCUT2D eigenvalue weighted by atomic mass is 16.5. The second-order valence-electron chi connectivity index (χ2n) is 9.46. The molecule has 2 atom stereocenters. The van der Waals surface area contributed by atoms with Crippen LogP contribution >= 0.6 is 0 Å². The van der Waals surface area contributed by atoms with Gasteiger partial charge in [0.1, 0.15) is 17.7 Å². The average Bonchev–Trinajstić information content (AvgIpc) is 3.41. The number of nitrogens with zero attached hydrogens (tertiary/aromatic N) is 1. The minimum atomic E-state index is -1.43. The number of alkyl carbamates (subject to hydrolysis) is 1. The molecular weight excluding hydrogens is 448 g/mol. The molecule has 4 rings (SSSR count). The first kappa shape index (κ1) is 24.7. The van der Waals surface area contributed by atoms with Gasteiger partial charge in [0.05, 0.1) is 6.61 Å². The van der Waals surface area contributed by atoms with E-state index in [1.165, 1.54) is 12.0 Å². The molecule has 2 aliphatic rings. The smallest absolute Gasteiger partial charge is 0.408 e. The summed E-state index contributed by atoms with van der Waals surface area (Å²) in [6.07, 6.45) is 0.407. The highest BCUT2D eigenvalue weighted by Crippen LogP contribution is 2.44. The zero-order chi connectivity index (χ0) is 25.2. The standard InChI is InChI=1S/C27H32N2O6/c1-4-27(17-34-3,23(30)29-15-9-14-26(29,2)24(31)32)28-25(33)35-16-22-20-12-7-5-10-18(20)19-11-6-8-13-21(19)22/h5-8,10-13,22H,4,9,14-17H2,1-3H3,(H,28,33)(H,31,32)/t26-,27?/m0/s1. The molecule has 35 heavy (non-hydrogen) atoms. The lowest BCUT2D eigenvalue weighted by Crippen LogP contribution is -2.65. The summed E-state index contributed by atoms with van der Waals surface area (Å²) >= 11 is 0. The first-order valence-electron chi connectivity index (χ1n) is 11.9. The van der Waals surface area contributed by atoms with Crippen LogP contribution in [0.2, 0.25) is 0 Å². The lowest BCUT2D eigenvalue weighted by molar-refractivity contribution is -0.159. The van der Waals surface area contributed by atoms with E-state index in [0.29, 0.717) is 19.4 Å². The number of likely N-dealkylation sites (tertiary alicyclic amines) is 1. The van der Waals surface area contributed by atoms with E-state index >= 15 is 0 Å². The molecule has 1 saturated heterocycles. The molecule has 0 radical (unpaired) electrons. The van der Waals surface area contributed by atoms with E-state index in [2.05, 4.69) is 17.4 Å². The molecule has 1 fully saturated rings. The van der Waals surface area contributed by atoms with Gasteiger partial charge in [-0.2, -0.15) is 0 Å². The summed E-state index contributed by atoms with van der Waals surface area (Å²) < 4.78 is 11.0. The van der Waals surface area contributed by atoms with Gasteiger partial charge in [-0.1, -0.05) is 55.5 Å². The van der Waals surface area contributed by atoms with Crippen molar-refractivity contribution in [3.05, 3.63) is 59.7 Å². The molecule has 0 saturated carbocycles. The predicted molar refractivity (Wildman–Crippen MR) is 130 cm³/mol. The molecule has 8 nitrogen and oxygen atoms in total. The highest BCUT2D eigenvalue weighted by molar-refractivity contribution is 5.95. The van der Waals surface area contributed by atoms with Crippen LogP contribution in [0, 0.1) is 0 Å². The number of benzene rings is 2. The lowest BCUT2D eigenvalue weighted by Gasteiger charge is -2.40. The van der Waals surface area contributed by atoms with Crippen molar-refractivity contribution in [2.24, 2.45) is 0 Å². The molecule has 1 aliphatic heterocycles. The highest BCUT2D eigenvalue weighted by Gasteiger charge is 2.52. The molecule has 2 amide bonds. The zero-order valence-electron chi connectivity index (χ0n) is 20.4. The number of carbonyl (C=O) groups is 3. The number of hydrogen-bond donors (Lipinski definition) is 2. The molecule has 0 aromatic heterocycles. The Morgan fingerprint density at radius 2 is 1.71 bits per heavy atom. The van der Waals surface area contributed by atoms with Gasteiger partial charge >= 0.3 is 12.1 Å². The third kappa shape index (κ3) is 4.27. The number of fused-ring (bicyclic) bond motifs is 3. The minimum Gasteiger partial charge on any atom is -0.480 e. The van der Waals surface area contributed by atoms with E-state index in [0.717, 1.165) is 22.3 Å². The molecule has 0 bridgehead atoms. The number of carboxylic acids is 1. The maximum absolute atomic E-state index is 13.6. The van der Waals surface area contributed by atoms with Gasteiger partial charge < -0.3 is 24.8 Å². The fourth-order valence-electron chi connectivity index (χ4n) is 5.34. The number of nitrogens with one attached hydrogen (secondary N) is 1. The normalized spacial score (nSPS) is 20.6. The van der Waals surface area contributed by atoms with Crippen molar-refractivity contribution in [3.8, 4) is 11.1 Å². The fourth-order valence-corrected chi connectivity index (χ4v) is 5.34. The fraction of sp³-hybridized carbons (Fsp3) is 0.444.